The van der Waals surface area contributed by atoms with Gasteiger partial charge < -0.3 is 5.32 Å². The van der Waals surface area contributed by atoms with Gasteiger partial charge in [-0.3, -0.25) is 14.8 Å². The summed E-state index contributed by atoms with van der Waals surface area (Å²) in [5.74, 6) is 0. The van der Waals surface area contributed by atoms with Crippen molar-refractivity contribution in [2.24, 2.45) is 0 Å². The van der Waals surface area contributed by atoms with Crippen LogP contribution in [-0.4, -0.2) is 14.7 Å². The summed E-state index contributed by atoms with van der Waals surface area (Å²) in [5, 5.41) is 18.5. The van der Waals surface area contributed by atoms with Crippen LogP contribution >= 0.6 is 0 Å². The van der Waals surface area contributed by atoms with E-state index in [0.717, 1.165) is 16.8 Å². The van der Waals surface area contributed by atoms with Gasteiger partial charge in [-0.15, -0.1) is 0 Å². The highest BCUT2D eigenvalue weighted by Crippen LogP contribution is 2.24. The molecule has 0 radical (unpaired) electrons. The average Bonchev–Trinajstić information content (AvgIpc) is 2.94. The minimum absolute atomic E-state index is 0.167. The van der Waals surface area contributed by atoms with Crippen LogP contribution in [0.3, 0.4) is 0 Å². The normalized spacial score (nSPS) is 10.9. The first-order chi connectivity index (χ1) is 10.0. The lowest BCUT2D eigenvalue weighted by Crippen LogP contribution is -2.02. The van der Waals surface area contributed by atoms with Gasteiger partial charge in [-0.25, -0.2) is 0 Å². The van der Waals surface area contributed by atoms with Crippen LogP contribution in [0.2, 0.25) is 0 Å². The Hall–Kier alpha value is -2.37. The zero-order valence-corrected chi connectivity index (χ0v) is 12.5. The van der Waals surface area contributed by atoms with E-state index < -0.39 is 0 Å². The molecule has 0 atom stereocenters. The summed E-state index contributed by atoms with van der Waals surface area (Å²) in [5.41, 5.74) is 2.71. The molecule has 0 spiro atoms. The zero-order chi connectivity index (χ0) is 15.4. The molecule has 0 saturated heterocycles. The molecule has 0 amide bonds. The molecular weight excluding hydrogens is 268 g/mol. The average molecular weight is 288 g/mol. The topological polar surface area (TPSA) is 73.0 Å². The molecular formula is C15H20N4O2. The summed E-state index contributed by atoms with van der Waals surface area (Å²) in [6.07, 6.45) is 4.44. The number of nitrogens with one attached hydrogen (secondary N) is 1. The molecule has 1 aromatic carbocycles. The van der Waals surface area contributed by atoms with E-state index in [-0.39, 0.29) is 10.6 Å². The number of nitro groups is 1. The third kappa shape index (κ3) is 3.59. The number of aromatic nitrogens is 2. The molecule has 6 heteroatoms. The van der Waals surface area contributed by atoms with E-state index in [9.17, 15) is 10.1 Å². The van der Waals surface area contributed by atoms with Crippen molar-refractivity contribution in [2.45, 2.75) is 39.8 Å². The first-order valence-electron chi connectivity index (χ1n) is 7.05. The number of hydrogen-bond acceptors (Lipinski definition) is 4. The van der Waals surface area contributed by atoms with Crippen molar-refractivity contribution in [1.82, 2.24) is 9.78 Å². The van der Waals surface area contributed by atoms with Crippen LogP contribution in [0.25, 0.3) is 0 Å². The zero-order valence-electron chi connectivity index (χ0n) is 12.5. The fourth-order valence-electron chi connectivity index (χ4n) is 2.10. The summed E-state index contributed by atoms with van der Waals surface area (Å²) in [6.45, 7) is 6.64. The number of aryl methyl sites for hydroxylation is 1. The standard InChI is InChI=1S/C15H20N4O2/c1-4-13-5-6-14(7-15(13)19(20)21)16-8-12-9-17-18(10-12)11(2)3/h5-7,9-11,16H,4,8H2,1-3H3. The molecule has 0 aliphatic carbocycles. The molecule has 6 nitrogen and oxygen atoms in total. The van der Waals surface area contributed by atoms with Crippen LogP contribution in [-0.2, 0) is 13.0 Å². The third-order valence-corrected chi connectivity index (χ3v) is 3.34. The number of anilines is 1. The summed E-state index contributed by atoms with van der Waals surface area (Å²) < 4.78 is 1.89. The minimum atomic E-state index is -0.333. The Morgan fingerprint density at radius 2 is 2.19 bits per heavy atom. The number of hydrogen-bond donors (Lipinski definition) is 1. The first kappa shape index (κ1) is 15.0. The molecule has 0 unspecified atom stereocenters. The minimum Gasteiger partial charge on any atom is -0.381 e. The van der Waals surface area contributed by atoms with Crippen molar-refractivity contribution in [1.29, 1.82) is 0 Å². The number of nitrogens with zero attached hydrogens (tertiary/aromatic N) is 3. The Bertz CT molecular complexity index is 634. The highest BCUT2D eigenvalue weighted by Gasteiger charge is 2.13. The molecule has 0 fully saturated rings. The predicted octanol–water partition coefficient (Wildman–Crippen LogP) is 3.55. The van der Waals surface area contributed by atoms with Crippen LogP contribution in [0.1, 0.15) is 37.9 Å². The van der Waals surface area contributed by atoms with Gasteiger partial charge in [0.1, 0.15) is 0 Å². The van der Waals surface area contributed by atoms with Crippen molar-refractivity contribution in [2.75, 3.05) is 5.32 Å². The van der Waals surface area contributed by atoms with E-state index in [0.29, 0.717) is 19.0 Å². The highest BCUT2D eigenvalue weighted by atomic mass is 16.6. The molecule has 2 aromatic rings. The summed E-state index contributed by atoms with van der Waals surface area (Å²) >= 11 is 0. The van der Waals surface area contributed by atoms with Crippen molar-refractivity contribution >= 4 is 11.4 Å². The molecule has 112 valence electrons. The second kappa shape index (κ2) is 6.39. The smallest absolute Gasteiger partial charge is 0.274 e. The monoisotopic (exact) mass is 288 g/mol. The lowest BCUT2D eigenvalue weighted by Gasteiger charge is -2.07. The Labute approximate surface area is 123 Å². The Morgan fingerprint density at radius 1 is 1.43 bits per heavy atom. The fraction of sp³-hybridized carbons (Fsp3) is 0.400. The van der Waals surface area contributed by atoms with Gasteiger partial charge in [0.2, 0.25) is 0 Å². The van der Waals surface area contributed by atoms with Crippen molar-refractivity contribution < 1.29 is 4.92 Å². The van der Waals surface area contributed by atoms with Gasteiger partial charge in [0, 0.05) is 41.7 Å². The molecule has 1 N–H and O–H groups in total. The van der Waals surface area contributed by atoms with Gasteiger partial charge in [0.25, 0.3) is 5.69 Å². The van der Waals surface area contributed by atoms with Gasteiger partial charge in [-0.1, -0.05) is 13.0 Å². The maximum absolute atomic E-state index is 11.0. The van der Waals surface area contributed by atoms with Crippen LogP contribution in [0, 0.1) is 10.1 Å². The van der Waals surface area contributed by atoms with Crippen molar-refractivity contribution in [3.8, 4) is 0 Å². The maximum Gasteiger partial charge on any atom is 0.274 e. The number of rotatable bonds is 6. The fourth-order valence-corrected chi connectivity index (χ4v) is 2.10. The number of benzene rings is 1. The van der Waals surface area contributed by atoms with Crippen molar-refractivity contribution in [3.05, 3.63) is 51.8 Å². The van der Waals surface area contributed by atoms with E-state index >= 15 is 0 Å². The lowest BCUT2D eigenvalue weighted by molar-refractivity contribution is -0.385. The second-order valence-corrected chi connectivity index (χ2v) is 5.23. The Morgan fingerprint density at radius 3 is 2.76 bits per heavy atom. The van der Waals surface area contributed by atoms with Gasteiger partial charge in [0.05, 0.1) is 11.1 Å². The Balaban J connectivity index is 2.09. The van der Waals surface area contributed by atoms with E-state index in [1.54, 1.807) is 12.1 Å². The molecule has 0 bridgehead atoms. The lowest BCUT2D eigenvalue weighted by atomic mass is 10.1. The Kier molecular flexibility index (Phi) is 4.57. The van der Waals surface area contributed by atoms with Crippen molar-refractivity contribution in [3.63, 3.8) is 0 Å². The maximum atomic E-state index is 11.0. The molecule has 0 aliphatic heterocycles. The van der Waals surface area contributed by atoms with Gasteiger partial charge in [-0.2, -0.15) is 5.10 Å². The van der Waals surface area contributed by atoms with Gasteiger partial charge in [0.15, 0.2) is 0 Å². The van der Waals surface area contributed by atoms with E-state index in [1.165, 1.54) is 0 Å². The quantitative estimate of drug-likeness (QED) is 0.651. The van der Waals surface area contributed by atoms with Gasteiger partial charge in [-0.05, 0) is 26.3 Å². The second-order valence-electron chi connectivity index (χ2n) is 5.23. The third-order valence-electron chi connectivity index (χ3n) is 3.34. The summed E-state index contributed by atoms with van der Waals surface area (Å²) in [4.78, 5) is 10.7. The van der Waals surface area contributed by atoms with E-state index in [2.05, 4.69) is 24.3 Å². The molecule has 0 saturated carbocycles. The SMILES string of the molecule is CCc1ccc(NCc2cnn(C(C)C)c2)cc1[N+](=O)[O-]. The predicted molar refractivity (Wildman–Crippen MR) is 82.4 cm³/mol. The molecule has 1 heterocycles. The molecule has 2 rings (SSSR count). The van der Waals surface area contributed by atoms with Crippen LogP contribution in [0.5, 0.6) is 0 Å². The van der Waals surface area contributed by atoms with Gasteiger partial charge >= 0.3 is 0 Å². The van der Waals surface area contributed by atoms with E-state index in [1.807, 2.05) is 30.1 Å². The van der Waals surface area contributed by atoms with Crippen LogP contribution in [0.4, 0.5) is 11.4 Å². The summed E-state index contributed by atoms with van der Waals surface area (Å²) in [6, 6.07) is 5.59. The molecule has 0 aliphatic rings. The highest BCUT2D eigenvalue weighted by molar-refractivity contribution is 5.55. The molecule has 21 heavy (non-hydrogen) atoms. The summed E-state index contributed by atoms with van der Waals surface area (Å²) in [7, 11) is 0. The number of nitro benzene ring substituents is 1. The van der Waals surface area contributed by atoms with Crippen LogP contribution in [0.15, 0.2) is 30.6 Å². The van der Waals surface area contributed by atoms with Crippen LogP contribution < -0.4 is 5.32 Å². The first-order valence-corrected chi connectivity index (χ1v) is 7.05. The molecule has 1 aromatic heterocycles. The van der Waals surface area contributed by atoms with E-state index in [4.69, 9.17) is 0 Å². The largest absolute Gasteiger partial charge is 0.381 e.